The molecule has 3 rings (SSSR count). The SMILES string of the molecule is CC(C)N(C(=O)COC(=O)CN1C(=O)N[C@]2(CCOc3ccccc32)C1=O)C(C)C. The van der Waals surface area contributed by atoms with Gasteiger partial charge in [0.2, 0.25) is 0 Å². The summed E-state index contributed by atoms with van der Waals surface area (Å²) >= 11 is 0. The summed E-state index contributed by atoms with van der Waals surface area (Å²) in [4.78, 5) is 52.7. The molecule has 0 bridgehead atoms. The number of nitrogens with one attached hydrogen (secondary N) is 1. The Bertz CT molecular complexity index is 860. The molecule has 1 aromatic carbocycles. The molecule has 2 heterocycles. The maximum absolute atomic E-state index is 13.1. The van der Waals surface area contributed by atoms with Gasteiger partial charge in [-0.1, -0.05) is 18.2 Å². The number of urea groups is 1. The molecule has 1 saturated heterocycles. The minimum absolute atomic E-state index is 0.0458. The van der Waals surface area contributed by atoms with Crippen LogP contribution < -0.4 is 10.1 Å². The fraction of sp³-hybridized carbons (Fsp3) is 0.524. The summed E-state index contributed by atoms with van der Waals surface area (Å²) in [5.74, 6) is -1.16. The summed E-state index contributed by atoms with van der Waals surface area (Å²) in [6.07, 6.45) is 0.260. The summed E-state index contributed by atoms with van der Waals surface area (Å²) in [6, 6.07) is 6.22. The molecule has 9 heteroatoms. The topological polar surface area (TPSA) is 105 Å². The zero-order valence-corrected chi connectivity index (χ0v) is 17.6. The third-order valence-corrected chi connectivity index (χ3v) is 5.30. The average molecular weight is 417 g/mol. The zero-order chi connectivity index (χ0) is 22.1. The van der Waals surface area contributed by atoms with E-state index in [1.807, 2.05) is 27.7 Å². The number of amides is 4. The fourth-order valence-electron chi connectivity index (χ4n) is 4.08. The lowest BCUT2D eigenvalue weighted by Crippen LogP contribution is -2.48. The van der Waals surface area contributed by atoms with Crippen LogP contribution in [0, 0.1) is 0 Å². The minimum atomic E-state index is -1.26. The maximum atomic E-state index is 13.1. The fourth-order valence-corrected chi connectivity index (χ4v) is 4.08. The molecule has 30 heavy (non-hydrogen) atoms. The molecule has 2 aliphatic rings. The number of hydrogen-bond donors (Lipinski definition) is 1. The van der Waals surface area contributed by atoms with Gasteiger partial charge in [-0.3, -0.25) is 19.3 Å². The highest BCUT2D eigenvalue weighted by Gasteiger charge is 2.55. The van der Waals surface area contributed by atoms with E-state index >= 15 is 0 Å². The number of benzene rings is 1. The van der Waals surface area contributed by atoms with Crippen LogP contribution in [0.1, 0.15) is 39.7 Å². The molecule has 1 N–H and O–H groups in total. The maximum Gasteiger partial charge on any atom is 0.326 e. The van der Waals surface area contributed by atoms with E-state index < -0.39 is 36.6 Å². The predicted molar refractivity (Wildman–Crippen MR) is 107 cm³/mol. The third kappa shape index (κ3) is 3.83. The normalized spacial score (nSPS) is 20.3. The third-order valence-electron chi connectivity index (χ3n) is 5.30. The summed E-state index contributed by atoms with van der Waals surface area (Å²) in [5, 5.41) is 2.72. The summed E-state index contributed by atoms with van der Waals surface area (Å²) in [5.41, 5.74) is -0.696. The van der Waals surface area contributed by atoms with Crippen LogP contribution in [0.3, 0.4) is 0 Å². The van der Waals surface area contributed by atoms with E-state index in [2.05, 4.69) is 5.32 Å². The quantitative estimate of drug-likeness (QED) is 0.554. The molecule has 4 amide bonds. The van der Waals surface area contributed by atoms with Crippen LogP contribution >= 0.6 is 0 Å². The van der Waals surface area contributed by atoms with Crippen molar-refractivity contribution in [3.8, 4) is 5.75 Å². The van der Waals surface area contributed by atoms with Crippen LogP contribution in [0.2, 0.25) is 0 Å². The monoisotopic (exact) mass is 417 g/mol. The Balaban J connectivity index is 1.67. The van der Waals surface area contributed by atoms with Crippen molar-refractivity contribution in [3.05, 3.63) is 29.8 Å². The lowest BCUT2D eigenvalue weighted by Gasteiger charge is -2.33. The van der Waals surface area contributed by atoms with Gasteiger partial charge in [0.25, 0.3) is 11.8 Å². The number of carbonyl (C=O) groups excluding carboxylic acids is 4. The smallest absolute Gasteiger partial charge is 0.326 e. The van der Waals surface area contributed by atoms with E-state index in [1.165, 1.54) is 0 Å². The standard InChI is InChI=1S/C21H27N3O6/c1-13(2)24(14(3)4)17(25)12-30-18(26)11-23-19(27)21(22-20(23)28)9-10-29-16-8-6-5-7-15(16)21/h5-8,13-14H,9-12H2,1-4H3,(H,22,28)/t21-/m0/s1. The summed E-state index contributed by atoms with van der Waals surface area (Å²) in [6.45, 7) is 6.75. The van der Waals surface area contributed by atoms with Gasteiger partial charge >= 0.3 is 12.0 Å². The zero-order valence-electron chi connectivity index (χ0n) is 17.6. The molecule has 1 spiro atoms. The van der Waals surface area contributed by atoms with E-state index in [0.29, 0.717) is 11.3 Å². The van der Waals surface area contributed by atoms with Crippen LogP contribution in [-0.4, -0.2) is 65.5 Å². The van der Waals surface area contributed by atoms with Gasteiger partial charge in [-0.25, -0.2) is 4.79 Å². The predicted octanol–water partition coefficient (Wildman–Crippen LogP) is 1.40. The molecule has 162 valence electrons. The lowest BCUT2D eigenvalue weighted by molar-refractivity contribution is -0.155. The van der Waals surface area contributed by atoms with Gasteiger partial charge < -0.3 is 19.7 Å². The minimum Gasteiger partial charge on any atom is -0.493 e. The number of imide groups is 1. The number of fused-ring (bicyclic) bond motifs is 2. The molecule has 0 radical (unpaired) electrons. The average Bonchev–Trinajstić information content (AvgIpc) is 2.91. The molecule has 9 nitrogen and oxygen atoms in total. The molecule has 1 fully saturated rings. The largest absolute Gasteiger partial charge is 0.493 e. The highest BCUT2D eigenvalue weighted by atomic mass is 16.5. The van der Waals surface area contributed by atoms with Crippen LogP contribution in [0.4, 0.5) is 4.79 Å². The van der Waals surface area contributed by atoms with Crippen LogP contribution in [-0.2, 0) is 24.7 Å². The first-order valence-corrected chi connectivity index (χ1v) is 10.0. The van der Waals surface area contributed by atoms with Crippen LogP contribution in [0.15, 0.2) is 24.3 Å². The lowest BCUT2D eigenvalue weighted by atomic mass is 9.84. The number of esters is 1. The number of hydrogen-bond acceptors (Lipinski definition) is 6. The van der Waals surface area contributed by atoms with Crippen LogP contribution in [0.5, 0.6) is 5.75 Å². The highest BCUT2D eigenvalue weighted by molar-refractivity contribution is 6.09. The van der Waals surface area contributed by atoms with Gasteiger partial charge in [0.05, 0.1) is 6.61 Å². The van der Waals surface area contributed by atoms with E-state index in [-0.39, 0.29) is 31.0 Å². The van der Waals surface area contributed by atoms with Crippen molar-refractivity contribution in [1.29, 1.82) is 0 Å². The Morgan fingerprint density at radius 1 is 1.20 bits per heavy atom. The van der Waals surface area contributed by atoms with Gasteiger partial charge in [-0.2, -0.15) is 0 Å². The van der Waals surface area contributed by atoms with Crippen molar-refractivity contribution in [2.75, 3.05) is 19.8 Å². The number of nitrogens with zero attached hydrogens (tertiary/aromatic N) is 2. The van der Waals surface area contributed by atoms with Crippen molar-refractivity contribution < 1.29 is 28.7 Å². The first-order valence-electron chi connectivity index (χ1n) is 10.0. The Hall–Kier alpha value is -3.10. The van der Waals surface area contributed by atoms with Crippen molar-refractivity contribution in [2.45, 2.75) is 51.7 Å². The van der Waals surface area contributed by atoms with Crippen LogP contribution in [0.25, 0.3) is 0 Å². The Labute approximate surface area is 175 Å². The van der Waals surface area contributed by atoms with Gasteiger partial charge in [0.1, 0.15) is 12.3 Å². The van der Waals surface area contributed by atoms with E-state index in [0.717, 1.165) is 4.90 Å². The second-order valence-corrected chi connectivity index (χ2v) is 7.97. The second kappa shape index (κ2) is 8.33. The van der Waals surface area contributed by atoms with Gasteiger partial charge in [-0.05, 0) is 33.8 Å². The molecule has 0 aliphatic carbocycles. The number of carbonyl (C=O) groups is 4. The Morgan fingerprint density at radius 2 is 1.87 bits per heavy atom. The van der Waals surface area contributed by atoms with E-state index in [9.17, 15) is 19.2 Å². The van der Waals surface area contributed by atoms with E-state index in [1.54, 1.807) is 29.2 Å². The molecule has 1 aromatic rings. The molecule has 0 saturated carbocycles. The molecule has 1 atom stereocenters. The van der Waals surface area contributed by atoms with Gasteiger partial charge in [0, 0.05) is 24.1 Å². The molecule has 0 unspecified atom stereocenters. The van der Waals surface area contributed by atoms with Crippen molar-refractivity contribution in [1.82, 2.24) is 15.1 Å². The highest BCUT2D eigenvalue weighted by Crippen LogP contribution is 2.40. The van der Waals surface area contributed by atoms with Gasteiger partial charge in [0.15, 0.2) is 12.1 Å². The van der Waals surface area contributed by atoms with Crippen molar-refractivity contribution in [2.24, 2.45) is 0 Å². The summed E-state index contributed by atoms with van der Waals surface area (Å²) in [7, 11) is 0. The molecular formula is C21H27N3O6. The van der Waals surface area contributed by atoms with Gasteiger partial charge in [-0.15, -0.1) is 0 Å². The molecule has 2 aliphatic heterocycles. The second-order valence-electron chi connectivity index (χ2n) is 7.97. The molecule has 0 aromatic heterocycles. The number of ether oxygens (including phenoxy) is 2. The van der Waals surface area contributed by atoms with Crippen molar-refractivity contribution in [3.63, 3.8) is 0 Å². The number of rotatable bonds is 6. The Morgan fingerprint density at radius 3 is 2.53 bits per heavy atom. The van der Waals surface area contributed by atoms with Crippen molar-refractivity contribution >= 4 is 23.8 Å². The first kappa shape index (κ1) is 21.6. The summed E-state index contributed by atoms with van der Waals surface area (Å²) < 4.78 is 10.6. The van der Waals surface area contributed by atoms with E-state index in [4.69, 9.17) is 9.47 Å². The Kier molecular flexibility index (Phi) is 6.00. The first-order chi connectivity index (χ1) is 14.2. The number of para-hydroxylation sites is 1. The molecular weight excluding hydrogens is 390 g/mol.